The molecule has 2 aromatic rings. The molecule has 1 N–H and O–H groups in total. The van der Waals surface area contributed by atoms with Crippen LogP contribution < -0.4 is 9.62 Å². The van der Waals surface area contributed by atoms with Gasteiger partial charge < -0.3 is 10.2 Å². The number of carbonyl (C=O) groups is 2. The van der Waals surface area contributed by atoms with Crippen LogP contribution in [-0.2, 0) is 26.0 Å². The summed E-state index contributed by atoms with van der Waals surface area (Å²) in [6.07, 6.45) is 3.09. The number of nitrogens with zero attached hydrogens (tertiary/aromatic N) is 2. The Labute approximate surface area is 204 Å². The standard InChI is InChI=1S/C26H37N3O4S/c1-5-21(2)27-26(31)22(3)28(20-18-23-13-8-6-9-14-23)25(30)17-12-19-29(34(4,32)33)24-15-10-7-11-16-24/h6-11,13-16,21-22H,5,12,17-20H2,1-4H3,(H,27,31). The summed E-state index contributed by atoms with van der Waals surface area (Å²) in [7, 11) is -3.48. The van der Waals surface area contributed by atoms with Gasteiger partial charge in [0, 0.05) is 25.6 Å². The topological polar surface area (TPSA) is 86.8 Å². The second-order valence-corrected chi connectivity index (χ2v) is 10.5. The van der Waals surface area contributed by atoms with E-state index in [0.29, 0.717) is 25.1 Å². The first-order valence-electron chi connectivity index (χ1n) is 11.8. The summed E-state index contributed by atoms with van der Waals surface area (Å²) in [4.78, 5) is 27.6. The Morgan fingerprint density at radius 2 is 1.53 bits per heavy atom. The molecule has 0 aliphatic rings. The van der Waals surface area contributed by atoms with Crippen molar-refractivity contribution in [1.29, 1.82) is 0 Å². The smallest absolute Gasteiger partial charge is 0.242 e. The van der Waals surface area contributed by atoms with Crippen LogP contribution in [0.4, 0.5) is 5.69 Å². The molecule has 8 heteroatoms. The number of benzene rings is 2. The Morgan fingerprint density at radius 1 is 0.941 bits per heavy atom. The molecule has 186 valence electrons. The minimum absolute atomic E-state index is 0.0233. The molecule has 2 atom stereocenters. The lowest BCUT2D eigenvalue weighted by atomic mass is 10.1. The number of rotatable bonds is 13. The maximum absolute atomic E-state index is 13.2. The van der Waals surface area contributed by atoms with Gasteiger partial charge in [-0.2, -0.15) is 0 Å². The normalized spacial score (nSPS) is 13.1. The molecule has 0 aliphatic carbocycles. The molecule has 0 bridgehead atoms. The third-order valence-electron chi connectivity index (χ3n) is 5.85. The van der Waals surface area contributed by atoms with E-state index >= 15 is 0 Å². The predicted octanol–water partition coefficient (Wildman–Crippen LogP) is 3.61. The highest BCUT2D eigenvalue weighted by molar-refractivity contribution is 7.92. The van der Waals surface area contributed by atoms with Crippen molar-refractivity contribution in [2.24, 2.45) is 0 Å². The first-order valence-corrected chi connectivity index (χ1v) is 13.6. The van der Waals surface area contributed by atoms with Crippen molar-refractivity contribution >= 4 is 27.5 Å². The van der Waals surface area contributed by atoms with Crippen LogP contribution in [0.1, 0.15) is 45.6 Å². The van der Waals surface area contributed by atoms with Gasteiger partial charge in [-0.25, -0.2) is 8.42 Å². The molecule has 0 heterocycles. The van der Waals surface area contributed by atoms with Crippen molar-refractivity contribution in [3.63, 3.8) is 0 Å². The van der Waals surface area contributed by atoms with E-state index in [4.69, 9.17) is 0 Å². The molecule has 34 heavy (non-hydrogen) atoms. The quantitative estimate of drug-likeness (QED) is 0.468. The molecule has 2 amide bonds. The fraction of sp³-hybridized carbons (Fsp3) is 0.462. The summed E-state index contributed by atoms with van der Waals surface area (Å²) in [5.74, 6) is -0.345. The molecule has 0 aromatic heterocycles. The minimum Gasteiger partial charge on any atom is -0.352 e. The van der Waals surface area contributed by atoms with Gasteiger partial charge in [0.1, 0.15) is 6.04 Å². The van der Waals surface area contributed by atoms with E-state index in [1.807, 2.05) is 50.2 Å². The molecule has 2 unspecified atom stereocenters. The van der Waals surface area contributed by atoms with E-state index < -0.39 is 16.1 Å². The molecule has 0 saturated carbocycles. The Balaban J connectivity index is 2.09. The molecule has 0 spiro atoms. The van der Waals surface area contributed by atoms with Gasteiger partial charge in [0.2, 0.25) is 21.8 Å². The Hall–Kier alpha value is -2.87. The average molecular weight is 488 g/mol. The average Bonchev–Trinajstić information content (AvgIpc) is 2.82. The summed E-state index contributed by atoms with van der Waals surface area (Å²) >= 11 is 0. The summed E-state index contributed by atoms with van der Waals surface area (Å²) in [6.45, 7) is 6.27. The Kier molecular flexibility index (Phi) is 10.6. The molecule has 0 saturated heterocycles. The maximum atomic E-state index is 13.2. The number of hydrogen-bond acceptors (Lipinski definition) is 4. The van der Waals surface area contributed by atoms with E-state index in [1.54, 1.807) is 36.1 Å². The number of hydrogen-bond donors (Lipinski definition) is 1. The van der Waals surface area contributed by atoms with Gasteiger partial charge in [0.25, 0.3) is 0 Å². The summed E-state index contributed by atoms with van der Waals surface area (Å²) in [5.41, 5.74) is 1.65. The zero-order valence-electron chi connectivity index (χ0n) is 20.6. The van der Waals surface area contributed by atoms with Gasteiger partial charge in [-0.15, -0.1) is 0 Å². The third kappa shape index (κ3) is 8.48. The van der Waals surface area contributed by atoms with Gasteiger partial charge in [-0.1, -0.05) is 55.5 Å². The van der Waals surface area contributed by atoms with Crippen molar-refractivity contribution in [1.82, 2.24) is 10.2 Å². The van der Waals surface area contributed by atoms with Crippen LogP contribution in [-0.4, -0.2) is 56.6 Å². The summed E-state index contributed by atoms with van der Waals surface area (Å²) < 4.78 is 25.9. The van der Waals surface area contributed by atoms with E-state index in [2.05, 4.69) is 5.32 Å². The van der Waals surface area contributed by atoms with E-state index in [9.17, 15) is 18.0 Å². The number of sulfonamides is 1. The minimum atomic E-state index is -3.48. The number of carbonyl (C=O) groups excluding carboxylic acids is 2. The van der Waals surface area contributed by atoms with E-state index in [1.165, 1.54) is 4.31 Å². The first kappa shape index (κ1) is 27.4. The number of amides is 2. The zero-order chi connectivity index (χ0) is 25.1. The van der Waals surface area contributed by atoms with Crippen molar-refractivity contribution in [3.05, 3.63) is 66.2 Å². The lowest BCUT2D eigenvalue weighted by molar-refractivity contribution is -0.140. The largest absolute Gasteiger partial charge is 0.352 e. The van der Waals surface area contributed by atoms with Gasteiger partial charge in [-0.3, -0.25) is 13.9 Å². The van der Waals surface area contributed by atoms with Crippen LogP contribution in [0.25, 0.3) is 0 Å². The van der Waals surface area contributed by atoms with Crippen molar-refractivity contribution < 1.29 is 18.0 Å². The van der Waals surface area contributed by atoms with E-state index in [0.717, 1.165) is 18.2 Å². The van der Waals surface area contributed by atoms with E-state index in [-0.39, 0.29) is 30.8 Å². The van der Waals surface area contributed by atoms with Crippen LogP contribution in [0.2, 0.25) is 0 Å². The molecule has 0 aliphatic heterocycles. The highest BCUT2D eigenvalue weighted by Crippen LogP contribution is 2.18. The van der Waals surface area contributed by atoms with Gasteiger partial charge in [0.15, 0.2) is 0 Å². The van der Waals surface area contributed by atoms with Crippen LogP contribution in [0.5, 0.6) is 0 Å². The van der Waals surface area contributed by atoms with Crippen molar-refractivity contribution in [2.75, 3.05) is 23.7 Å². The molecular formula is C26H37N3O4S. The number of nitrogens with one attached hydrogen (secondary N) is 1. The molecule has 0 fully saturated rings. The third-order valence-corrected chi connectivity index (χ3v) is 7.04. The zero-order valence-corrected chi connectivity index (χ0v) is 21.4. The molecular weight excluding hydrogens is 450 g/mol. The van der Waals surface area contributed by atoms with Gasteiger partial charge in [-0.05, 0) is 50.8 Å². The molecule has 2 aromatic carbocycles. The lowest BCUT2D eigenvalue weighted by Gasteiger charge is -2.30. The van der Waals surface area contributed by atoms with Gasteiger partial charge in [0.05, 0.1) is 11.9 Å². The summed E-state index contributed by atoms with van der Waals surface area (Å²) in [5, 5.41) is 2.96. The lowest BCUT2D eigenvalue weighted by Crippen LogP contribution is -2.50. The predicted molar refractivity (Wildman–Crippen MR) is 137 cm³/mol. The molecule has 7 nitrogen and oxygen atoms in total. The van der Waals surface area contributed by atoms with Crippen LogP contribution in [0.15, 0.2) is 60.7 Å². The Morgan fingerprint density at radius 3 is 2.09 bits per heavy atom. The SMILES string of the molecule is CCC(C)NC(=O)C(C)N(CCc1ccccc1)C(=O)CCCN(c1ccccc1)S(C)(=O)=O. The van der Waals surface area contributed by atoms with Gasteiger partial charge >= 0.3 is 0 Å². The Bertz CT molecular complexity index is 1010. The first-order chi connectivity index (χ1) is 16.1. The summed E-state index contributed by atoms with van der Waals surface area (Å²) in [6, 6.07) is 18.1. The fourth-order valence-corrected chi connectivity index (χ4v) is 4.60. The highest BCUT2D eigenvalue weighted by Gasteiger charge is 2.26. The van der Waals surface area contributed by atoms with Crippen LogP contribution in [0.3, 0.4) is 0 Å². The van der Waals surface area contributed by atoms with Crippen LogP contribution in [0, 0.1) is 0 Å². The fourth-order valence-electron chi connectivity index (χ4n) is 3.63. The molecule has 0 radical (unpaired) electrons. The monoisotopic (exact) mass is 487 g/mol. The van der Waals surface area contributed by atoms with Crippen molar-refractivity contribution in [3.8, 4) is 0 Å². The number of anilines is 1. The molecule has 2 rings (SSSR count). The maximum Gasteiger partial charge on any atom is 0.242 e. The van der Waals surface area contributed by atoms with Crippen molar-refractivity contribution in [2.45, 2.75) is 58.5 Å². The number of para-hydroxylation sites is 1. The second-order valence-electron chi connectivity index (χ2n) is 8.59. The second kappa shape index (κ2) is 13.1. The van der Waals surface area contributed by atoms with Crippen LogP contribution >= 0.6 is 0 Å². The highest BCUT2D eigenvalue weighted by atomic mass is 32.2.